The van der Waals surface area contributed by atoms with E-state index in [2.05, 4.69) is 20.6 Å². The zero-order chi connectivity index (χ0) is 27.3. The van der Waals surface area contributed by atoms with Crippen LogP contribution in [0.25, 0.3) is 0 Å². The predicted octanol–water partition coefficient (Wildman–Crippen LogP) is 3.79. The van der Waals surface area contributed by atoms with Gasteiger partial charge in [0.15, 0.2) is 5.71 Å². The molecule has 3 amide bonds. The van der Waals surface area contributed by atoms with E-state index in [-0.39, 0.29) is 24.3 Å². The van der Waals surface area contributed by atoms with Crippen molar-refractivity contribution in [1.82, 2.24) is 14.9 Å². The van der Waals surface area contributed by atoms with Gasteiger partial charge in [0.1, 0.15) is 18.0 Å². The predicted molar refractivity (Wildman–Crippen MR) is 150 cm³/mol. The minimum atomic E-state index is -0.709. The van der Waals surface area contributed by atoms with E-state index in [1.54, 1.807) is 23.4 Å². The number of carbonyl (C=O) groups is 3. The van der Waals surface area contributed by atoms with Crippen LogP contribution in [0.5, 0.6) is 0 Å². The van der Waals surface area contributed by atoms with Crippen molar-refractivity contribution in [2.24, 2.45) is 4.99 Å². The SMILES string of the molecule is O=C(CN1C(=O)C(c2ccccn2)=NC12CCCCCC2)Nc1ccc2c(c1)C[C@@]1(C2)C(=O)Nc2ncccc21. The number of benzene rings is 1. The maximum atomic E-state index is 13.6. The van der Waals surface area contributed by atoms with Crippen LogP contribution in [0.3, 0.4) is 0 Å². The van der Waals surface area contributed by atoms with Crippen LogP contribution in [-0.4, -0.2) is 50.5 Å². The lowest BCUT2D eigenvalue weighted by atomic mass is 9.79. The zero-order valence-electron chi connectivity index (χ0n) is 22.2. The molecule has 2 spiro atoms. The van der Waals surface area contributed by atoms with E-state index in [1.165, 1.54) is 0 Å². The van der Waals surface area contributed by atoms with Crippen LogP contribution in [0, 0.1) is 0 Å². The summed E-state index contributed by atoms with van der Waals surface area (Å²) in [4.78, 5) is 55.4. The molecule has 4 heterocycles. The number of nitrogens with one attached hydrogen (secondary N) is 2. The summed E-state index contributed by atoms with van der Waals surface area (Å²) >= 11 is 0. The molecule has 7 rings (SSSR count). The van der Waals surface area contributed by atoms with E-state index in [9.17, 15) is 14.4 Å². The van der Waals surface area contributed by atoms with E-state index < -0.39 is 11.1 Å². The van der Waals surface area contributed by atoms with Gasteiger partial charge in [-0.05, 0) is 80.0 Å². The highest BCUT2D eigenvalue weighted by molar-refractivity contribution is 6.46. The standard InChI is InChI=1S/C31H30N6O3/c38-25(19-37-28(39)26(24-9-3-6-14-32-24)36-31(37)12-4-1-2-5-13-31)34-22-11-10-20-17-30(18-21(20)16-22)23-8-7-15-33-27(23)35-29(30)40/h3,6-11,14-16H,1-2,4-5,12-13,17-19H2,(H,34,38)(H,33,35,40)/t30-/m1/s1. The van der Waals surface area contributed by atoms with Crippen LogP contribution >= 0.6 is 0 Å². The number of aliphatic imine (C=N–C) groups is 1. The topological polar surface area (TPSA) is 117 Å². The van der Waals surface area contributed by atoms with Gasteiger partial charge in [-0.1, -0.05) is 31.0 Å². The van der Waals surface area contributed by atoms with Gasteiger partial charge in [-0.3, -0.25) is 19.4 Å². The number of nitrogens with zero attached hydrogens (tertiary/aromatic N) is 4. The van der Waals surface area contributed by atoms with Gasteiger partial charge in [0.25, 0.3) is 5.91 Å². The Hall–Kier alpha value is -4.40. The van der Waals surface area contributed by atoms with Crippen molar-refractivity contribution in [3.05, 3.63) is 83.3 Å². The number of hydrogen-bond donors (Lipinski definition) is 2. The third-order valence-electron chi connectivity index (χ3n) is 8.85. The van der Waals surface area contributed by atoms with Crippen molar-refractivity contribution >= 4 is 34.9 Å². The molecule has 202 valence electrons. The average Bonchev–Trinajstić information content (AvgIpc) is 3.48. The average molecular weight is 535 g/mol. The molecule has 0 unspecified atom stereocenters. The van der Waals surface area contributed by atoms with Crippen LogP contribution < -0.4 is 10.6 Å². The summed E-state index contributed by atoms with van der Waals surface area (Å²) < 4.78 is 0. The fourth-order valence-electron chi connectivity index (χ4n) is 6.89. The van der Waals surface area contributed by atoms with Crippen molar-refractivity contribution in [2.75, 3.05) is 17.2 Å². The molecule has 0 radical (unpaired) electrons. The second kappa shape index (κ2) is 9.36. The van der Waals surface area contributed by atoms with Gasteiger partial charge < -0.3 is 15.5 Å². The van der Waals surface area contributed by atoms with Gasteiger partial charge in [-0.2, -0.15) is 0 Å². The molecule has 2 aromatic heterocycles. The van der Waals surface area contributed by atoms with Crippen molar-refractivity contribution in [3.63, 3.8) is 0 Å². The fourth-order valence-corrected chi connectivity index (χ4v) is 6.89. The fraction of sp³-hybridized carbons (Fsp3) is 0.355. The smallest absolute Gasteiger partial charge is 0.276 e. The Morgan fingerprint density at radius 2 is 1.73 bits per heavy atom. The van der Waals surface area contributed by atoms with E-state index in [0.717, 1.165) is 55.2 Å². The second-order valence-electron chi connectivity index (χ2n) is 11.3. The largest absolute Gasteiger partial charge is 0.325 e. The first-order valence-electron chi connectivity index (χ1n) is 14.0. The minimum absolute atomic E-state index is 0.0343. The molecule has 1 aromatic carbocycles. The van der Waals surface area contributed by atoms with Crippen molar-refractivity contribution < 1.29 is 14.4 Å². The van der Waals surface area contributed by atoms with Gasteiger partial charge in [0, 0.05) is 23.6 Å². The molecule has 1 atom stereocenters. The number of pyridine rings is 2. The number of carbonyl (C=O) groups excluding carboxylic acids is 3. The first kappa shape index (κ1) is 24.6. The Kier molecular flexibility index (Phi) is 5.76. The lowest BCUT2D eigenvalue weighted by Gasteiger charge is -2.35. The Morgan fingerprint density at radius 3 is 2.52 bits per heavy atom. The monoisotopic (exact) mass is 534 g/mol. The third-order valence-corrected chi connectivity index (χ3v) is 8.85. The first-order chi connectivity index (χ1) is 19.5. The summed E-state index contributed by atoms with van der Waals surface area (Å²) in [5, 5.41) is 5.94. The Bertz CT molecular complexity index is 1560. The summed E-state index contributed by atoms with van der Waals surface area (Å²) in [5.41, 5.74) is 3.20. The van der Waals surface area contributed by atoms with Crippen molar-refractivity contribution in [3.8, 4) is 0 Å². The Morgan fingerprint density at radius 1 is 0.925 bits per heavy atom. The van der Waals surface area contributed by atoms with E-state index in [1.807, 2.05) is 42.5 Å². The molecule has 40 heavy (non-hydrogen) atoms. The molecule has 2 N–H and O–H groups in total. The first-order valence-corrected chi connectivity index (χ1v) is 14.0. The Labute approximate surface area is 232 Å². The number of amides is 3. The highest BCUT2D eigenvalue weighted by atomic mass is 16.2. The molecule has 0 bridgehead atoms. The van der Waals surface area contributed by atoms with Crippen molar-refractivity contribution in [2.45, 2.75) is 62.4 Å². The normalized spacial score (nSPS) is 22.6. The molecule has 3 aromatic rings. The molecule has 2 aliphatic heterocycles. The van der Waals surface area contributed by atoms with Gasteiger partial charge in [0.2, 0.25) is 11.8 Å². The van der Waals surface area contributed by atoms with Gasteiger partial charge in [-0.25, -0.2) is 9.98 Å². The molecule has 9 nitrogen and oxygen atoms in total. The number of hydrogen-bond acceptors (Lipinski definition) is 6. The number of anilines is 2. The van der Waals surface area contributed by atoms with E-state index in [4.69, 9.17) is 4.99 Å². The molecular weight excluding hydrogens is 504 g/mol. The van der Waals surface area contributed by atoms with Crippen LogP contribution in [0.2, 0.25) is 0 Å². The summed E-state index contributed by atoms with van der Waals surface area (Å²) in [6, 6.07) is 15.1. The molecule has 4 aliphatic rings. The lowest BCUT2D eigenvalue weighted by molar-refractivity contribution is -0.133. The molecule has 1 fully saturated rings. The maximum absolute atomic E-state index is 13.6. The zero-order valence-corrected chi connectivity index (χ0v) is 22.2. The Balaban J connectivity index is 1.11. The lowest BCUT2D eigenvalue weighted by Crippen LogP contribution is -2.50. The highest BCUT2D eigenvalue weighted by Crippen LogP contribution is 2.47. The second-order valence-corrected chi connectivity index (χ2v) is 11.3. The molecule has 9 heteroatoms. The van der Waals surface area contributed by atoms with E-state index >= 15 is 0 Å². The summed E-state index contributed by atoms with van der Waals surface area (Å²) in [5.74, 6) is 0.0817. The van der Waals surface area contributed by atoms with Gasteiger partial charge in [-0.15, -0.1) is 0 Å². The van der Waals surface area contributed by atoms with Crippen LogP contribution in [0.4, 0.5) is 11.5 Å². The molecule has 1 saturated carbocycles. The summed E-state index contributed by atoms with van der Waals surface area (Å²) in [6.07, 6.45) is 10.1. The maximum Gasteiger partial charge on any atom is 0.276 e. The quantitative estimate of drug-likeness (QED) is 0.528. The van der Waals surface area contributed by atoms with Gasteiger partial charge >= 0.3 is 0 Å². The summed E-state index contributed by atoms with van der Waals surface area (Å²) in [6.45, 7) is -0.0822. The summed E-state index contributed by atoms with van der Waals surface area (Å²) in [7, 11) is 0. The van der Waals surface area contributed by atoms with E-state index in [0.29, 0.717) is 35.8 Å². The number of rotatable bonds is 4. The van der Waals surface area contributed by atoms with Crippen LogP contribution in [0.15, 0.2) is 65.9 Å². The third kappa shape index (κ3) is 3.91. The molecule has 2 aliphatic carbocycles. The van der Waals surface area contributed by atoms with Crippen LogP contribution in [0.1, 0.15) is 60.9 Å². The molecule has 0 saturated heterocycles. The highest BCUT2D eigenvalue weighted by Gasteiger charge is 2.51. The number of aromatic nitrogens is 2. The number of fused-ring (bicyclic) bond motifs is 3. The molecular formula is C31H30N6O3. The van der Waals surface area contributed by atoms with Gasteiger partial charge in [0.05, 0.1) is 11.1 Å². The minimum Gasteiger partial charge on any atom is -0.325 e. The van der Waals surface area contributed by atoms with Crippen molar-refractivity contribution in [1.29, 1.82) is 0 Å². The van der Waals surface area contributed by atoms with Crippen LogP contribution in [-0.2, 0) is 32.6 Å².